The van der Waals surface area contributed by atoms with Gasteiger partial charge in [-0.25, -0.2) is 0 Å². The molecule has 1 heterocycles. The van der Waals surface area contributed by atoms with Crippen molar-refractivity contribution in [1.82, 2.24) is 10.2 Å². The van der Waals surface area contributed by atoms with E-state index in [2.05, 4.69) is 5.32 Å². The number of aliphatic carboxylic acids is 1. The van der Waals surface area contributed by atoms with E-state index in [1.54, 1.807) is 0 Å². The molecule has 0 saturated carbocycles. The van der Waals surface area contributed by atoms with Crippen LogP contribution in [0.3, 0.4) is 0 Å². The van der Waals surface area contributed by atoms with Gasteiger partial charge >= 0.3 is 5.97 Å². The molecule has 9 heteroatoms. The minimum Gasteiger partial charge on any atom is -0.481 e. The maximum Gasteiger partial charge on any atom is 0.303 e. The van der Waals surface area contributed by atoms with Crippen molar-refractivity contribution in [3.8, 4) is 0 Å². The van der Waals surface area contributed by atoms with Crippen LogP contribution in [0.4, 0.5) is 0 Å². The van der Waals surface area contributed by atoms with E-state index in [1.807, 2.05) is 0 Å². The quantitative estimate of drug-likeness (QED) is 0.437. The van der Waals surface area contributed by atoms with Crippen LogP contribution in [0.25, 0.3) is 0 Å². The molecule has 0 bridgehead atoms. The number of nitrogens with zero attached hydrogens (tertiary/aromatic N) is 1. The largest absolute Gasteiger partial charge is 0.481 e. The Hall–Kier alpha value is -2.16. The van der Waals surface area contributed by atoms with Crippen LogP contribution >= 0.6 is 0 Å². The van der Waals surface area contributed by atoms with Crippen LogP contribution in [0.5, 0.6) is 0 Å². The Morgan fingerprint density at radius 2 is 2.00 bits per heavy atom. The molecular weight excluding hydrogens is 282 g/mol. The van der Waals surface area contributed by atoms with Crippen LogP contribution < -0.4 is 11.1 Å². The second-order valence-corrected chi connectivity index (χ2v) is 4.97. The Kier molecular flexibility index (Phi) is 5.65. The first kappa shape index (κ1) is 16.9. The summed E-state index contributed by atoms with van der Waals surface area (Å²) in [6, 6.07) is -2.01. The molecule has 0 aliphatic carbocycles. The molecule has 0 aromatic carbocycles. The van der Waals surface area contributed by atoms with Gasteiger partial charge in [-0.1, -0.05) is 0 Å². The molecule has 3 atom stereocenters. The smallest absolute Gasteiger partial charge is 0.303 e. The van der Waals surface area contributed by atoms with E-state index >= 15 is 0 Å². The van der Waals surface area contributed by atoms with Gasteiger partial charge in [-0.3, -0.25) is 19.2 Å². The van der Waals surface area contributed by atoms with Gasteiger partial charge in [-0.15, -0.1) is 0 Å². The van der Waals surface area contributed by atoms with Crippen LogP contribution in [0.15, 0.2) is 0 Å². The number of nitrogens with one attached hydrogen (secondary N) is 1. The lowest BCUT2D eigenvalue weighted by Crippen LogP contribution is -2.52. The van der Waals surface area contributed by atoms with Gasteiger partial charge in [0.05, 0.1) is 6.10 Å². The van der Waals surface area contributed by atoms with E-state index in [1.165, 1.54) is 11.8 Å². The third-order valence-corrected chi connectivity index (χ3v) is 3.29. The molecule has 0 aromatic rings. The van der Waals surface area contributed by atoms with Gasteiger partial charge < -0.3 is 26.2 Å². The summed E-state index contributed by atoms with van der Waals surface area (Å²) in [6.07, 6.45) is -1.20. The Bertz CT molecular complexity index is 452. The Balaban J connectivity index is 2.70. The van der Waals surface area contributed by atoms with Gasteiger partial charge in [0.2, 0.25) is 17.7 Å². The zero-order valence-corrected chi connectivity index (χ0v) is 11.6. The summed E-state index contributed by atoms with van der Waals surface area (Å²) >= 11 is 0. The third-order valence-electron chi connectivity index (χ3n) is 3.29. The highest BCUT2D eigenvalue weighted by Gasteiger charge is 2.38. The second kappa shape index (κ2) is 7.02. The molecule has 1 rings (SSSR count). The molecule has 0 spiro atoms. The molecule has 1 fully saturated rings. The van der Waals surface area contributed by atoms with Crippen molar-refractivity contribution in [2.45, 2.75) is 44.4 Å². The molecule has 9 nitrogen and oxygen atoms in total. The molecule has 1 aliphatic heterocycles. The average Bonchev–Trinajstić information content (AvgIpc) is 2.76. The number of hydrogen-bond acceptors (Lipinski definition) is 5. The number of carboxylic acid groups (broad SMARTS) is 1. The Labute approximate surface area is 121 Å². The number of carboxylic acids is 1. The monoisotopic (exact) mass is 301 g/mol. The molecule has 118 valence electrons. The number of aliphatic hydroxyl groups excluding tert-OH is 1. The first-order valence-corrected chi connectivity index (χ1v) is 6.49. The first-order chi connectivity index (χ1) is 9.72. The zero-order chi connectivity index (χ0) is 16.2. The van der Waals surface area contributed by atoms with Crippen molar-refractivity contribution >= 4 is 23.7 Å². The molecule has 1 saturated heterocycles. The minimum atomic E-state index is -1.12. The summed E-state index contributed by atoms with van der Waals surface area (Å²) in [5, 5.41) is 20.5. The van der Waals surface area contributed by atoms with Crippen molar-refractivity contribution in [2.24, 2.45) is 5.73 Å². The molecule has 1 aliphatic rings. The molecule has 0 radical (unpaired) electrons. The molecule has 5 N–H and O–H groups in total. The van der Waals surface area contributed by atoms with E-state index in [4.69, 9.17) is 10.8 Å². The van der Waals surface area contributed by atoms with Crippen LogP contribution in [0.2, 0.25) is 0 Å². The number of rotatable bonds is 6. The summed E-state index contributed by atoms with van der Waals surface area (Å²) < 4.78 is 0. The highest BCUT2D eigenvalue weighted by Crippen LogP contribution is 2.18. The first-order valence-electron chi connectivity index (χ1n) is 6.49. The fourth-order valence-electron chi connectivity index (χ4n) is 2.23. The van der Waals surface area contributed by atoms with Crippen LogP contribution in [-0.4, -0.2) is 63.5 Å². The molecule has 0 aromatic heterocycles. The average molecular weight is 301 g/mol. The standard InChI is InChI=1S/C12H19N3O6/c1-6(16)15-5-7(17)4-9(15)12(21)14-8(11(13)20)2-3-10(18)19/h7-9,17H,2-5H2,1H3,(H2,13,20)(H,14,21)(H,18,19)/t7-,8+,9+/m1/s1. The highest BCUT2D eigenvalue weighted by atomic mass is 16.4. The fourth-order valence-corrected chi connectivity index (χ4v) is 2.23. The number of likely N-dealkylation sites (tertiary alicyclic amines) is 1. The van der Waals surface area contributed by atoms with E-state index in [0.717, 1.165) is 0 Å². The van der Waals surface area contributed by atoms with E-state index < -0.39 is 36.0 Å². The lowest BCUT2D eigenvalue weighted by atomic mass is 10.1. The number of amides is 3. The van der Waals surface area contributed by atoms with E-state index in [9.17, 15) is 24.3 Å². The summed E-state index contributed by atoms with van der Waals surface area (Å²) in [5.41, 5.74) is 5.12. The van der Waals surface area contributed by atoms with Gasteiger partial charge in [-0.2, -0.15) is 0 Å². The Morgan fingerprint density at radius 3 is 2.48 bits per heavy atom. The minimum absolute atomic E-state index is 0.0454. The van der Waals surface area contributed by atoms with E-state index in [-0.39, 0.29) is 31.7 Å². The maximum atomic E-state index is 12.1. The van der Waals surface area contributed by atoms with Gasteiger partial charge in [-0.05, 0) is 6.42 Å². The predicted octanol–water partition coefficient (Wildman–Crippen LogP) is -2.20. The van der Waals surface area contributed by atoms with Gasteiger partial charge in [0, 0.05) is 26.3 Å². The van der Waals surface area contributed by atoms with Gasteiger partial charge in [0.25, 0.3) is 0 Å². The van der Waals surface area contributed by atoms with Crippen molar-refractivity contribution in [2.75, 3.05) is 6.54 Å². The van der Waals surface area contributed by atoms with Crippen molar-refractivity contribution in [1.29, 1.82) is 0 Å². The maximum absolute atomic E-state index is 12.1. The number of primary amides is 1. The number of carbonyl (C=O) groups is 4. The molecule has 3 amide bonds. The zero-order valence-electron chi connectivity index (χ0n) is 11.6. The lowest BCUT2D eigenvalue weighted by Gasteiger charge is -2.24. The molecule has 0 unspecified atom stereocenters. The predicted molar refractivity (Wildman–Crippen MR) is 69.8 cm³/mol. The summed E-state index contributed by atoms with van der Waals surface area (Å²) in [6.45, 7) is 1.32. The van der Waals surface area contributed by atoms with E-state index in [0.29, 0.717) is 0 Å². The molecular formula is C12H19N3O6. The fraction of sp³-hybridized carbons (Fsp3) is 0.667. The Morgan fingerprint density at radius 1 is 1.38 bits per heavy atom. The summed E-state index contributed by atoms with van der Waals surface area (Å²) in [5.74, 6) is -2.96. The number of aliphatic hydroxyl groups is 1. The highest BCUT2D eigenvalue weighted by molar-refractivity contribution is 5.91. The second-order valence-electron chi connectivity index (χ2n) is 4.97. The lowest BCUT2D eigenvalue weighted by molar-refractivity contribution is -0.139. The van der Waals surface area contributed by atoms with Crippen molar-refractivity contribution in [3.63, 3.8) is 0 Å². The van der Waals surface area contributed by atoms with Crippen molar-refractivity contribution in [3.05, 3.63) is 0 Å². The topological polar surface area (TPSA) is 150 Å². The SMILES string of the molecule is CC(=O)N1C[C@H](O)C[C@H]1C(=O)N[C@@H](CCC(=O)O)C(N)=O. The normalized spacial score (nSPS) is 22.7. The van der Waals surface area contributed by atoms with Crippen LogP contribution in [0.1, 0.15) is 26.2 Å². The van der Waals surface area contributed by atoms with Crippen LogP contribution in [-0.2, 0) is 19.2 Å². The van der Waals surface area contributed by atoms with Gasteiger partial charge in [0.15, 0.2) is 0 Å². The molecule has 21 heavy (non-hydrogen) atoms. The van der Waals surface area contributed by atoms with Crippen LogP contribution in [0, 0.1) is 0 Å². The van der Waals surface area contributed by atoms with Crippen molar-refractivity contribution < 1.29 is 29.4 Å². The summed E-state index contributed by atoms with van der Waals surface area (Å²) in [4.78, 5) is 46.4. The third kappa shape index (κ3) is 4.71. The van der Waals surface area contributed by atoms with Gasteiger partial charge in [0.1, 0.15) is 12.1 Å². The number of carbonyl (C=O) groups excluding carboxylic acids is 3. The number of β-amino-alcohol motifs (C(OH)–C–C–N with tert-alkyl or cyclic N) is 1. The summed E-state index contributed by atoms with van der Waals surface area (Å²) in [7, 11) is 0. The number of hydrogen-bond donors (Lipinski definition) is 4. The number of nitrogens with two attached hydrogens (primary N) is 1.